The maximum absolute atomic E-state index is 12.5. The van der Waals surface area contributed by atoms with Crippen LogP contribution in [0.3, 0.4) is 0 Å². The largest absolute Gasteiger partial charge is 0.477 e. The molecule has 9 nitrogen and oxygen atoms in total. The predicted molar refractivity (Wildman–Crippen MR) is 128 cm³/mol. The Bertz CT molecular complexity index is 835. The van der Waals surface area contributed by atoms with E-state index in [1.807, 2.05) is 6.92 Å². The summed E-state index contributed by atoms with van der Waals surface area (Å²) in [6, 6.07) is -0.238. The highest BCUT2D eigenvalue weighted by atomic mass is 32.2. The van der Waals surface area contributed by atoms with E-state index in [0.29, 0.717) is 17.1 Å². The van der Waals surface area contributed by atoms with Crippen molar-refractivity contribution in [1.82, 2.24) is 9.80 Å². The van der Waals surface area contributed by atoms with Gasteiger partial charge in [-0.25, -0.2) is 4.79 Å². The molecule has 10 heteroatoms. The summed E-state index contributed by atoms with van der Waals surface area (Å²) in [4.78, 5) is 33.4. The van der Waals surface area contributed by atoms with E-state index in [0.717, 1.165) is 50.3 Å². The smallest absolute Gasteiger partial charge is 0.353 e. The van der Waals surface area contributed by atoms with Crippen molar-refractivity contribution in [2.75, 3.05) is 26.2 Å². The Kier molecular flexibility index (Phi) is 7.26. The van der Waals surface area contributed by atoms with Crippen molar-refractivity contribution >= 4 is 29.6 Å². The first kappa shape index (κ1) is 24.3. The molecule has 0 radical (unpaired) electrons. The summed E-state index contributed by atoms with van der Waals surface area (Å²) in [7, 11) is 0. The van der Waals surface area contributed by atoms with Gasteiger partial charge in [0.05, 0.1) is 18.1 Å². The molecule has 6 N–H and O–H groups in total. The highest BCUT2D eigenvalue weighted by molar-refractivity contribution is 8.03. The zero-order chi connectivity index (χ0) is 23.9. The van der Waals surface area contributed by atoms with Gasteiger partial charge in [-0.2, -0.15) is 0 Å². The number of aliphatic imine (C=N–C) groups is 1. The van der Waals surface area contributed by atoms with E-state index in [1.54, 1.807) is 18.7 Å². The van der Waals surface area contributed by atoms with Crippen LogP contribution in [-0.2, 0) is 9.59 Å². The highest BCUT2D eigenvalue weighted by Crippen LogP contribution is 2.52. The van der Waals surface area contributed by atoms with Gasteiger partial charge in [-0.3, -0.25) is 9.79 Å². The molecule has 0 spiro atoms. The summed E-state index contributed by atoms with van der Waals surface area (Å²) in [5.41, 5.74) is 11.0. The van der Waals surface area contributed by atoms with Crippen LogP contribution in [-0.4, -0.2) is 81.4 Å². The van der Waals surface area contributed by atoms with E-state index in [9.17, 15) is 19.8 Å². The van der Waals surface area contributed by atoms with Gasteiger partial charge in [-0.1, -0.05) is 6.92 Å². The predicted octanol–water partition coefficient (Wildman–Crippen LogP) is 1.03. The average molecular weight is 480 g/mol. The second-order valence-electron chi connectivity index (χ2n) is 10.2. The third kappa shape index (κ3) is 4.88. The lowest BCUT2D eigenvalue weighted by Crippen LogP contribution is -2.63. The van der Waals surface area contributed by atoms with Gasteiger partial charge in [-0.05, 0) is 57.4 Å². The number of guanidine groups is 1. The molecule has 33 heavy (non-hydrogen) atoms. The number of aliphatic hydroxyl groups excluding tert-OH is 1. The Hall–Kier alpha value is -1.78. The van der Waals surface area contributed by atoms with Crippen molar-refractivity contribution < 1.29 is 19.8 Å². The van der Waals surface area contributed by atoms with Crippen LogP contribution >= 0.6 is 11.8 Å². The molecule has 2 saturated heterocycles. The van der Waals surface area contributed by atoms with Crippen LogP contribution in [0.4, 0.5) is 0 Å². The zero-order valence-electron chi connectivity index (χ0n) is 19.5. The van der Waals surface area contributed by atoms with Gasteiger partial charge in [-0.15, -0.1) is 11.8 Å². The minimum Gasteiger partial charge on any atom is -0.477 e. The molecule has 3 fully saturated rings. The SMILES string of the molecule is C[C@@H](O)[C@H]1C(=O)N2C(C(=O)O)=C(S[C@@H]3CCN(CC4CCC(CN=C(N)N)CC4)C3)[C@H](C)[C@H]12. The van der Waals surface area contributed by atoms with E-state index in [-0.39, 0.29) is 29.5 Å². The van der Waals surface area contributed by atoms with Gasteiger partial charge in [0.2, 0.25) is 5.91 Å². The van der Waals surface area contributed by atoms with E-state index in [2.05, 4.69) is 9.89 Å². The first-order chi connectivity index (χ1) is 15.7. The number of hydrogen-bond donors (Lipinski definition) is 4. The summed E-state index contributed by atoms with van der Waals surface area (Å²) in [5.74, 6) is -0.438. The summed E-state index contributed by atoms with van der Waals surface area (Å²) < 4.78 is 0. The fraction of sp³-hybridized carbons (Fsp3) is 0.783. The molecule has 4 aliphatic rings. The number of amides is 1. The molecule has 1 aliphatic carbocycles. The Morgan fingerprint density at radius 2 is 1.88 bits per heavy atom. The lowest BCUT2D eigenvalue weighted by atomic mass is 9.79. The van der Waals surface area contributed by atoms with E-state index < -0.39 is 18.0 Å². The number of β-lactam (4-membered cyclic amide) rings is 1. The lowest BCUT2D eigenvalue weighted by Gasteiger charge is -2.46. The first-order valence-electron chi connectivity index (χ1n) is 12.1. The normalized spacial score (nSPS) is 35.4. The van der Waals surface area contributed by atoms with Crippen LogP contribution in [0.5, 0.6) is 0 Å². The molecule has 5 atom stereocenters. The third-order valence-corrected chi connectivity index (χ3v) is 9.39. The number of nitrogens with zero attached hydrogens (tertiary/aromatic N) is 3. The third-order valence-electron chi connectivity index (χ3n) is 7.85. The molecule has 0 bridgehead atoms. The summed E-state index contributed by atoms with van der Waals surface area (Å²) in [5, 5.41) is 20.2. The molecule has 0 aromatic rings. The quantitative estimate of drug-likeness (QED) is 0.229. The standard InChI is InChI=1S/C23H37N5O4S/c1-12-18-17(13(2)29)21(30)28(18)19(22(31)32)20(12)33-16-7-8-27(11-16)10-15-5-3-14(4-6-15)9-26-23(24)25/h12-18,29H,3-11H2,1-2H3,(H,31,32)(H4,24,25,26)/t12-,13-,14?,15?,16-,17-,18-/m1/s1. The van der Waals surface area contributed by atoms with Crippen LogP contribution in [0, 0.1) is 23.7 Å². The van der Waals surface area contributed by atoms with Crippen molar-refractivity contribution in [1.29, 1.82) is 0 Å². The molecular weight excluding hydrogens is 442 g/mol. The molecule has 1 amide bonds. The van der Waals surface area contributed by atoms with Crippen LogP contribution < -0.4 is 11.5 Å². The molecule has 3 aliphatic heterocycles. The van der Waals surface area contributed by atoms with Gasteiger partial charge >= 0.3 is 5.97 Å². The zero-order valence-corrected chi connectivity index (χ0v) is 20.3. The maximum atomic E-state index is 12.5. The number of carbonyl (C=O) groups is 2. The van der Waals surface area contributed by atoms with Crippen LogP contribution in [0.25, 0.3) is 0 Å². The number of nitrogens with two attached hydrogens (primary N) is 2. The lowest BCUT2D eigenvalue weighted by molar-refractivity contribution is -0.163. The van der Waals surface area contributed by atoms with E-state index in [4.69, 9.17) is 11.5 Å². The second kappa shape index (κ2) is 9.84. The van der Waals surface area contributed by atoms with Crippen molar-refractivity contribution in [3.63, 3.8) is 0 Å². The highest BCUT2D eigenvalue weighted by Gasteiger charge is 2.60. The average Bonchev–Trinajstić information content (AvgIpc) is 3.28. The van der Waals surface area contributed by atoms with Crippen molar-refractivity contribution in [2.24, 2.45) is 40.1 Å². The van der Waals surface area contributed by atoms with Crippen molar-refractivity contribution in [3.8, 4) is 0 Å². The summed E-state index contributed by atoms with van der Waals surface area (Å²) in [6.45, 7) is 7.39. The molecule has 0 unspecified atom stereocenters. The van der Waals surface area contributed by atoms with Gasteiger partial charge in [0.15, 0.2) is 5.96 Å². The number of fused-ring (bicyclic) bond motifs is 1. The van der Waals surface area contributed by atoms with E-state index >= 15 is 0 Å². The van der Waals surface area contributed by atoms with Gasteiger partial charge < -0.3 is 31.5 Å². The fourth-order valence-electron chi connectivity index (χ4n) is 6.11. The molecule has 3 heterocycles. The van der Waals surface area contributed by atoms with Gasteiger partial charge in [0.1, 0.15) is 5.70 Å². The topological polar surface area (TPSA) is 145 Å². The molecule has 0 aromatic heterocycles. The Balaban J connectivity index is 1.31. The molecule has 4 rings (SSSR count). The number of carboxylic acids is 1. The number of carboxylic acid groups (broad SMARTS) is 1. The van der Waals surface area contributed by atoms with Crippen LogP contribution in [0.1, 0.15) is 46.0 Å². The monoisotopic (exact) mass is 479 g/mol. The fourth-order valence-corrected chi connectivity index (χ4v) is 7.63. The van der Waals surface area contributed by atoms with Crippen molar-refractivity contribution in [3.05, 3.63) is 10.6 Å². The Morgan fingerprint density at radius 1 is 1.21 bits per heavy atom. The number of hydrogen-bond acceptors (Lipinski definition) is 6. The van der Waals surface area contributed by atoms with Gasteiger partial charge in [0, 0.05) is 35.7 Å². The number of carbonyl (C=O) groups excluding carboxylic acids is 1. The molecule has 184 valence electrons. The van der Waals surface area contributed by atoms with Crippen LogP contribution in [0.15, 0.2) is 15.6 Å². The number of rotatable bonds is 8. The number of aliphatic hydroxyl groups is 1. The second-order valence-corrected chi connectivity index (χ2v) is 11.6. The molecule has 1 saturated carbocycles. The first-order valence-corrected chi connectivity index (χ1v) is 13.0. The molecule has 0 aromatic carbocycles. The maximum Gasteiger partial charge on any atom is 0.353 e. The van der Waals surface area contributed by atoms with Crippen LogP contribution in [0.2, 0.25) is 0 Å². The minimum absolute atomic E-state index is 0.0621. The number of thioether (sulfide) groups is 1. The summed E-state index contributed by atoms with van der Waals surface area (Å²) >= 11 is 1.64. The van der Waals surface area contributed by atoms with E-state index in [1.165, 1.54) is 17.7 Å². The minimum atomic E-state index is -1.04. The Labute approximate surface area is 199 Å². The van der Waals surface area contributed by atoms with Crippen molar-refractivity contribution in [2.45, 2.75) is 63.3 Å². The summed E-state index contributed by atoms with van der Waals surface area (Å²) in [6.07, 6.45) is 4.97. The Morgan fingerprint density at radius 3 is 2.48 bits per heavy atom. The number of likely N-dealkylation sites (tertiary alicyclic amines) is 1. The van der Waals surface area contributed by atoms with Gasteiger partial charge in [0.25, 0.3) is 0 Å². The molecular formula is C23H37N5O4S. The number of aliphatic carboxylic acids is 1.